The number of fused-ring (bicyclic) bond motifs is 1. The molecule has 1 heterocycles. The van der Waals surface area contributed by atoms with E-state index >= 15 is 0 Å². The Balaban J connectivity index is 2.42. The van der Waals surface area contributed by atoms with Crippen molar-refractivity contribution in [2.75, 3.05) is 19.0 Å². The Bertz CT molecular complexity index is 645. The molecule has 0 bridgehead atoms. The van der Waals surface area contributed by atoms with Gasteiger partial charge in [0, 0.05) is 24.6 Å². The minimum Gasteiger partial charge on any atom is -0.383 e. The van der Waals surface area contributed by atoms with Gasteiger partial charge in [-0.15, -0.1) is 0 Å². The Kier molecular flexibility index (Phi) is 4.64. The van der Waals surface area contributed by atoms with E-state index in [1.54, 1.807) is 13.2 Å². The number of aromatic nitrogens is 2. The van der Waals surface area contributed by atoms with Gasteiger partial charge in [0.2, 0.25) is 0 Å². The summed E-state index contributed by atoms with van der Waals surface area (Å²) in [4.78, 5) is 18.8. The fourth-order valence-corrected chi connectivity index (χ4v) is 2.03. The number of hydrogen-bond acceptors (Lipinski definition) is 6. The fourth-order valence-electron chi connectivity index (χ4n) is 2.03. The summed E-state index contributed by atoms with van der Waals surface area (Å²) in [7, 11) is 1.64. The standard InChI is InChI=1S/C14H18N4O3/c1-9(2)13(7-21-3)17-14-11-6-10(18(19)20)4-5-12(11)15-8-16-14/h4-6,8-9,13H,7H2,1-3H3,(H,15,16,17). The Morgan fingerprint density at radius 3 is 2.76 bits per heavy atom. The molecule has 0 spiro atoms. The lowest BCUT2D eigenvalue weighted by atomic mass is 10.1. The van der Waals surface area contributed by atoms with Crippen LogP contribution in [0.2, 0.25) is 0 Å². The molecule has 0 radical (unpaired) electrons. The highest BCUT2D eigenvalue weighted by Crippen LogP contribution is 2.25. The topological polar surface area (TPSA) is 90.2 Å². The van der Waals surface area contributed by atoms with Gasteiger partial charge in [0.15, 0.2) is 0 Å². The molecule has 0 fully saturated rings. The molecule has 0 aliphatic carbocycles. The van der Waals surface area contributed by atoms with E-state index in [0.29, 0.717) is 29.2 Å². The maximum Gasteiger partial charge on any atom is 0.270 e. The van der Waals surface area contributed by atoms with Crippen LogP contribution in [-0.4, -0.2) is 34.6 Å². The highest BCUT2D eigenvalue weighted by atomic mass is 16.6. The predicted octanol–water partition coefficient (Wildman–Crippen LogP) is 2.62. The zero-order valence-electron chi connectivity index (χ0n) is 12.2. The highest BCUT2D eigenvalue weighted by Gasteiger charge is 2.16. The molecule has 21 heavy (non-hydrogen) atoms. The third kappa shape index (κ3) is 3.43. The minimum atomic E-state index is -0.425. The van der Waals surface area contributed by atoms with E-state index in [9.17, 15) is 10.1 Å². The molecule has 1 N–H and O–H groups in total. The number of non-ortho nitro benzene ring substituents is 1. The first-order chi connectivity index (χ1) is 10.0. The maximum atomic E-state index is 10.9. The lowest BCUT2D eigenvalue weighted by Gasteiger charge is -2.22. The molecule has 0 aliphatic heterocycles. The zero-order chi connectivity index (χ0) is 15.4. The Morgan fingerprint density at radius 2 is 2.14 bits per heavy atom. The first-order valence-electron chi connectivity index (χ1n) is 6.67. The van der Waals surface area contributed by atoms with E-state index < -0.39 is 4.92 Å². The van der Waals surface area contributed by atoms with Gasteiger partial charge in [0.25, 0.3) is 5.69 Å². The first kappa shape index (κ1) is 15.1. The van der Waals surface area contributed by atoms with Gasteiger partial charge < -0.3 is 10.1 Å². The number of rotatable bonds is 6. The van der Waals surface area contributed by atoms with Crippen molar-refractivity contribution in [1.29, 1.82) is 0 Å². The van der Waals surface area contributed by atoms with Crippen LogP contribution in [0.3, 0.4) is 0 Å². The lowest BCUT2D eigenvalue weighted by Crippen LogP contribution is -2.30. The van der Waals surface area contributed by atoms with Crippen LogP contribution < -0.4 is 5.32 Å². The summed E-state index contributed by atoms with van der Waals surface area (Å²) in [6, 6.07) is 4.62. The van der Waals surface area contributed by atoms with Gasteiger partial charge in [-0.2, -0.15) is 0 Å². The van der Waals surface area contributed by atoms with Gasteiger partial charge in [0.1, 0.15) is 12.1 Å². The lowest BCUT2D eigenvalue weighted by molar-refractivity contribution is -0.384. The Hall–Kier alpha value is -2.28. The molecule has 2 rings (SSSR count). The third-order valence-corrected chi connectivity index (χ3v) is 3.30. The van der Waals surface area contributed by atoms with Crippen LogP contribution in [0.4, 0.5) is 11.5 Å². The second kappa shape index (κ2) is 6.45. The van der Waals surface area contributed by atoms with Crippen LogP contribution >= 0.6 is 0 Å². The molecular formula is C14H18N4O3. The van der Waals surface area contributed by atoms with Crippen LogP contribution in [0, 0.1) is 16.0 Å². The summed E-state index contributed by atoms with van der Waals surface area (Å²) in [5.41, 5.74) is 0.686. The number of nitrogens with one attached hydrogen (secondary N) is 1. The second-order valence-corrected chi connectivity index (χ2v) is 5.13. The van der Waals surface area contributed by atoms with E-state index in [2.05, 4.69) is 29.1 Å². The molecule has 0 amide bonds. The maximum absolute atomic E-state index is 10.9. The van der Waals surface area contributed by atoms with Gasteiger partial charge >= 0.3 is 0 Å². The summed E-state index contributed by atoms with van der Waals surface area (Å²) in [6.45, 7) is 4.67. The average molecular weight is 290 g/mol. The van der Waals surface area contributed by atoms with Crippen LogP contribution in [0.5, 0.6) is 0 Å². The molecule has 1 unspecified atom stereocenters. The summed E-state index contributed by atoms with van der Waals surface area (Å²) in [5, 5.41) is 14.8. The second-order valence-electron chi connectivity index (χ2n) is 5.13. The number of nitro groups is 1. The molecule has 0 saturated carbocycles. The van der Waals surface area contributed by atoms with Crippen LogP contribution in [-0.2, 0) is 4.74 Å². The van der Waals surface area contributed by atoms with Crippen molar-refractivity contribution in [3.63, 3.8) is 0 Å². The normalized spacial score (nSPS) is 12.6. The summed E-state index contributed by atoms with van der Waals surface area (Å²) < 4.78 is 5.20. The summed E-state index contributed by atoms with van der Waals surface area (Å²) >= 11 is 0. The van der Waals surface area contributed by atoms with E-state index in [0.717, 1.165) is 0 Å². The fraction of sp³-hybridized carbons (Fsp3) is 0.429. The summed E-state index contributed by atoms with van der Waals surface area (Å²) in [5.74, 6) is 0.910. The monoisotopic (exact) mass is 290 g/mol. The third-order valence-electron chi connectivity index (χ3n) is 3.30. The van der Waals surface area contributed by atoms with E-state index in [4.69, 9.17) is 4.74 Å². The largest absolute Gasteiger partial charge is 0.383 e. The molecule has 2 aromatic rings. The molecule has 1 atom stereocenters. The molecule has 1 aromatic heterocycles. The van der Waals surface area contributed by atoms with Gasteiger partial charge in [-0.05, 0) is 12.0 Å². The molecule has 112 valence electrons. The Labute approximate surface area is 122 Å². The SMILES string of the molecule is COCC(Nc1ncnc2ccc([N+](=O)[O-])cc12)C(C)C. The summed E-state index contributed by atoms with van der Waals surface area (Å²) in [6.07, 6.45) is 1.45. The van der Waals surface area contributed by atoms with Crippen molar-refractivity contribution >= 4 is 22.4 Å². The minimum absolute atomic E-state index is 0.0215. The Morgan fingerprint density at radius 1 is 1.38 bits per heavy atom. The van der Waals surface area contributed by atoms with Crippen LogP contribution in [0.1, 0.15) is 13.8 Å². The number of ether oxygens (including phenoxy) is 1. The molecule has 1 aromatic carbocycles. The molecule has 7 nitrogen and oxygen atoms in total. The van der Waals surface area contributed by atoms with Crippen molar-refractivity contribution < 1.29 is 9.66 Å². The average Bonchev–Trinajstić information content (AvgIpc) is 2.46. The van der Waals surface area contributed by atoms with Crippen molar-refractivity contribution in [3.05, 3.63) is 34.6 Å². The van der Waals surface area contributed by atoms with Gasteiger partial charge in [-0.25, -0.2) is 9.97 Å². The number of hydrogen-bond donors (Lipinski definition) is 1. The smallest absolute Gasteiger partial charge is 0.270 e. The highest BCUT2D eigenvalue weighted by molar-refractivity contribution is 5.90. The van der Waals surface area contributed by atoms with E-state index in [1.165, 1.54) is 18.5 Å². The van der Waals surface area contributed by atoms with E-state index in [-0.39, 0.29) is 11.7 Å². The molecule has 0 saturated heterocycles. The van der Waals surface area contributed by atoms with Crippen molar-refractivity contribution in [2.24, 2.45) is 5.92 Å². The van der Waals surface area contributed by atoms with Gasteiger partial charge in [-0.3, -0.25) is 10.1 Å². The van der Waals surface area contributed by atoms with E-state index in [1.807, 2.05) is 0 Å². The van der Waals surface area contributed by atoms with Gasteiger partial charge in [0.05, 0.1) is 23.1 Å². The van der Waals surface area contributed by atoms with Crippen molar-refractivity contribution in [2.45, 2.75) is 19.9 Å². The molecule has 7 heteroatoms. The van der Waals surface area contributed by atoms with Crippen molar-refractivity contribution in [3.8, 4) is 0 Å². The number of nitrogens with zero attached hydrogens (tertiary/aromatic N) is 3. The van der Waals surface area contributed by atoms with Crippen LogP contribution in [0.25, 0.3) is 10.9 Å². The number of nitro benzene ring substituents is 1. The number of anilines is 1. The predicted molar refractivity (Wildman–Crippen MR) is 80.3 cm³/mol. The molecule has 0 aliphatic rings. The first-order valence-corrected chi connectivity index (χ1v) is 6.67. The van der Waals surface area contributed by atoms with Gasteiger partial charge in [-0.1, -0.05) is 13.8 Å². The number of benzene rings is 1. The zero-order valence-corrected chi connectivity index (χ0v) is 12.2. The quantitative estimate of drug-likeness (QED) is 0.649. The van der Waals surface area contributed by atoms with Crippen LogP contribution in [0.15, 0.2) is 24.5 Å². The molecular weight excluding hydrogens is 272 g/mol. The van der Waals surface area contributed by atoms with Crippen molar-refractivity contribution in [1.82, 2.24) is 9.97 Å². The number of methoxy groups -OCH3 is 1.